The van der Waals surface area contributed by atoms with E-state index in [1.807, 2.05) is 42.5 Å². The molecule has 0 fully saturated rings. The Morgan fingerprint density at radius 2 is 1.75 bits per heavy atom. The van der Waals surface area contributed by atoms with Gasteiger partial charge in [0.1, 0.15) is 0 Å². The molecule has 20 heavy (non-hydrogen) atoms. The number of hydrogen-bond donors (Lipinski definition) is 2. The van der Waals surface area contributed by atoms with Gasteiger partial charge in [0.2, 0.25) is 5.91 Å². The predicted molar refractivity (Wildman–Crippen MR) is 82.5 cm³/mol. The summed E-state index contributed by atoms with van der Waals surface area (Å²) < 4.78 is 0. The lowest BCUT2D eigenvalue weighted by atomic mass is 10.1. The largest absolute Gasteiger partial charge is 0.388 e. The van der Waals surface area contributed by atoms with Crippen LogP contribution in [0.3, 0.4) is 0 Å². The summed E-state index contributed by atoms with van der Waals surface area (Å²) in [7, 11) is 0. The average Bonchev–Trinajstić information content (AvgIpc) is 2.48. The first kappa shape index (κ1) is 14.6. The SMILES string of the molecule is NC(=O)c1ccc(CSC[C@@H](O)c2ccccc2)cc1. The molecule has 0 radical (unpaired) electrons. The standard InChI is InChI=1S/C16H17NO2S/c17-16(19)14-8-6-12(7-9-14)10-20-11-15(18)13-4-2-1-3-5-13/h1-9,15,18H,10-11H2,(H2,17,19)/t15-/m1/s1. The van der Waals surface area contributed by atoms with Crippen LogP contribution in [0.1, 0.15) is 27.6 Å². The van der Waals surface area contributed by atoms with Crippen LogP contribution in [0.4, 0.5) is 0 Å². The van der Waals surface area contributed by atoms with Crippen LogP contribution in [-0.4, -0.2) is 16.8 Å². The van der Waals surface area contributed by atoms with E-state index in [1.54, 1.807) is 23.9 Å². The van der Waals surface area contributed by atoms with E-state index in [9.17, 15) is 9.90 Å². The van der Waals surface area contributed by atoms with E-state index in [1.165, 1.54) is 0 Å². The van der Waals surface area contributed by atoms with Gasteiger partial charge in [-0.2, -0.15) is 11.8 Å². The molecule has 0 saturated heterocycles. The number of carbonyl (C=O) groups excluding carboxylic acids is 1. The summed E-state index contributed by atoms with van der Waals surface area (Å²) in [6.07, 6.45) is -0.453. The Morgan fingerprint density at radius 3 is 2.35 bits per heavy atom. The zero-order chi connectivity index (χ0) is 14.4. The van der Waals surface area contributed by atoms with Crippen LogP contribution in [0.25, 0.3) is 0 Å². The van der Waals surface area contributed by atoms with Gasteiger partial charge in [-0.1, -0.05) is 42.5 Å². The average molecular weight is 287 g/mol. The predicted octanol–water partition coefficient (Wildman–Crippen LogP) is 2.75. The molecule has 2 rings (SSSR count). The quantitative estimate of drug-likeness (QED) is 0.858. The van der Waals surface area contributed by atoms with Crippen LogP contribution in [0.5, 0.6) is 0 Å². The molecule has 4 heteroatoms. The molecule has 0 aliphatic heterocycles. The summed E-state index contributed by atoms with van der Waals surface area (Å²) in [5.74, 6) is 1.02. The summed E-state index contributed by atoms with van der Waals surface area (Å²) in [4.78, 5) is 11.0. The molecule has 0 heterocycles. The van der Waals surface area contributed by atoms with Gasteiger partial charge in [-0.05, 0) is 23.3 Å². The van der Waals surface area contributed by atoms with Crippen LogP contribution in [0.15, 0.2) is 54.6 Å². The van der Waals surface area contributed by atoms with Gasteiger partial charge in [0.15, 0.2) is 0 Å². The molecular formula is C16H17NO2S. The van der Waals surface area contributed by atoms with Gasteiger partial charge in [-0.3, -0.25) is 4.79 Å². The highest BCUT2D eigenvalue weighted by atomic mass is 32.2. The van der Waals surface area contributed by atoms with Crippen LogP contribution in [0.2, 0.25) is 0 Å². The summed E-state index contributed by atoms with van der Waals surface area (Å²) in [6, 6.07) is 16.9. The molecule has 104 valence electrons. The molecule has 0 aliphatic rings. The van der Waals surface area contributed by atoms with Crippen LogP contribution < -0.4 is 5.73 Å². The molecular weight excluding hydrogens is 270 g/mol. The molecule has 1 amide bonds. The van der Waals surface area contributed by atoms with Gasteiger partial charge in [-0.15, -0.1) is 0 Å². The number of amides is 1. The second kappa shape index (κ2) is 7.12. The Hall–Kier alpha value is -1.78. The van der Waals surface area contributed by atoms with Crippen LogP contribution in [0, 0.1) is 0 Å². The molecule has 3 nitrogen and oxygen atoms in total. The normalized spacial score (nSPS) is 12.1. The fourth-order valence-corrected chi connectivity index (χ4v) is 2.79. The van der Waals surface area contributed by atoms with E-state index < -0.39 is 12.0 Å². The number of rotatable bonds is 6. The van der Waals surface area contributed by atoms with E-state index in [-0.39, 0.29) is 0 Å². The number of hydrogen-bond acceptors (Lipinski definition) is 3. The molecule has 2 aromatic rings. The highest BCUT2D eigenvalue weighted by Crippen LogP contribution is 2.21. The Labute approximate surface area is 122 Å². The van der Waals surface area contributed by atoms with Crippen molar-refractivity contribution >= 4 is 17.7 Å². The lowest BCUT2D eigenvalue weighted by Crippen LogP contribution is -2.10. The maximum atomic E-state index is 11.0. The molecule has 2 aromatic carbocycles. The number of benzene rings is 2. The molecule has 0 aromatic heterocycles. The van der Waals surface area contributed by atoms with Crippen molar-refractivity contribution in [3.05, 3.63) is 71.3 Å². The minimum atomic E-state index is -0.453. The third-order valence-electron chi connectivity index (χ3n) is 2.97. The van der Waals surface area contributed by atoms with Crippen molar-refractivity contribution in [2.24, 2.45) is 5.73 Å². The van der Waals surface area contributed by atoms with Crippen molar-refractivity contribution in [3.8, 4) is 0 Å². The van der Waals surface area contributed by atoms with E-state index in [0.29, 0.717) is 11.3 Å². The molecule has 0 spiro atoms. The number of thioether (sulfide) groups is 1. The van der Waals surface area contributed by atoms with Gasteiger partial charge < -0.3 is 10.8 Å². The molecule has 0 unspecified atom stereocenters. The topological polar surface area (TPSA) is 63.3 Å². The van der Waals surface area contributed by atoms with Gasteiger partial charge in [0.25, 0.3) is 0 Å². The van der Waals surface area contributed by atoms with E-state index >= 15 is 0 Å². The maximum Gasteiger partial charge on any atom is 0.248 e. The number of aliphatic hydroxyl groups is 1. The van der Waals surface area contributed by atoms with Gasteiger partial charge in [-0.25, -0.2) is 0 Å². The fourth-order valence-electron chi connectivity index (χ4n) is 1.83. The van der Waals surface area contributed by atoms with Crippen LogP contribution >= 0.6 is 11.8 Å². The Bertz CT molecular complexity index is 554. The zero-order valence-electron chi connectivity index (χ0n) is 11.0. The lowest BCUT2D eigenvalue weighted by molar-refractivity contribution is 0.100. The van der Waals surface area contributed by atoms with Crippen molar-refractivity contribution < 1.29 is 9.90 Å². The Kier molecular flexibility index (Phi) is 5.21. The second-order valence-corrected chi connectivity index (χ2v) is 5.53. The first-order valence-electron chi connectivity index (χ1n) is 6.36. The van der Waals surface area contributed by atoms with Crippen molar-refractivity contribution in [1.29, 1.82) is 0 Å². The Balaban J connectivity index is 1.82. The third-order valence-corrected chi connectivity index (χ3v) is 4.06. The van der Waals surface area contributed by atoms with Crippen molar-refractivity contribution in [3.63, 3.8) is 0 Å². The lowest BCUT2D eigenvalue weighted by Gasteiger charge is -2.10. The first-order valence-corrected chi connectivity index (χ1v) is 7.52. The number of carbonyl (C=O) groups is 1. The van der Waals surface area contributed by atoms with Crippen molar-refractivity contribution in [2.75, 3.05) is 5.75 Å². The maximum absolute atomic E-state index is 11.0. The number of aliphatic hydroxyl groups excluding tert-OH is 1. The van der Waals surface area contributed by atoms with Gasteiger partial charge in [0, 0.05) is 17.1 Å². The highest BCUT2D eigenvalue weighted by molar-refractivity contribution is 7.98. The summed E-state index contributed by atoms with van der Waals surface area (Å²) >= 11 is 1.66. The van der Waals surface area contributed by atoms with Crippen molar-refractivity contribution in [1.82, 2.24) is 0 Å². The van der Waals surface area contributed by atoms with E-state index in [2.05, 4.69) is 0 Å². The fraction of sp³-hybridized carbons (Fsp3) is 0.188. The third kappa shape index (κ3) is 4.11. The Morgan fingerprint density at radius 1 is 1.10 bits per heavy atom. The molecule has 0 saturated carbocycles. The van der Waals surface area contributed by atoms with Gasteiger partial charge in [0.05, 0.1) is 6.10 Å². The molecule has 0 aliphatic carbocycles. The summed E-state index contributed by atoms with van der Waals surface area (Å²) in [5, 5.41) is 10.0. The number of primary amides is 1. The van der Waals surface area contributed by atoms with E-state index in [0.717, 1.165) is 16.9 Å². The molecule has 1 atom stereocenters. The zero-order valence-corrected chi connectivity index (χ0v) is 11.8. The van der Waals surface area contributed by atoms with E-state index in [4.69, 9.17) is 5.73 Å². The van der Waals surface area contributed by atoms with Crippen molar-refractivity contribution in [2.45, 2.75) is 11.9 Å². The minimum absolute atomic E-state index is 0.413. The van der Waals surface area contributed by atoms with Gasteiger partial charge >= 0.3 is 0 Å². The smallest absolute Gasteiger partial charge is 0.248 e. The second-order valence-electron chi connectivity index (χ2n) is 4.50. The minimum Gasteiger partial charge on any atom is -0.388 e. The number of nitrogens with two attached hydrogens (primary N) is 1. The summed E-state index contributed by atoms with van der Waals surface area (Å²) in [6.45, 7) is 0. The highest BCUT2D eigenvalue weighted by Gasteiger charge is 2.07. The summed E-state index contributed by atoms with van der Waals surface area (Å²) in [5.41, 5.74) is 7.75. The first-order chi connectivity index (χ1) is 9.66. The monoisotopic (exact) mass is 287 g/mol. The van der Waals surface area contributed by atoms with Crippen LogP contribution in [-0.2, 0) is 5.75 Å². The molecule has 3 N–H and O–H groups in total. The molecule has 0 bridgehead atoms.